The van der Waals surface area contributed by atoms with E-state index in [-0.39, 0.29) is 0 Å². The predicted octanol–water partition coefficient (Wildman–Crippen LogP) is 1.73. The van der Waals surface area contributed by atoms with Gasteiger partial charge in [-0.3, -0.25) is 0 Å². The Morgan fingerprint density at radius 3 is 2.70 bits per heavy atom. The van der Waals surface area contributed by atoms with E-state index in [1.165, 1.54) is 6.08 Å². The molecule has 1 heteroatoms. The number of aliphatic hydroxyl groups is 1. The molecule has 0 aromatic rings. The molecule has 10 heavy (non-hydrogen) atoms. The van der Waals surface area contributed by atoms with Crippen molar-refractivity contribution < 1.29 is 5.11 Å². The van der Waals surface area contributed by atoms with Gasteiger partial charge < -0.3 is 5.11 Å². The summed E-state index contributed by atoms with van der Waals surface area (Å²) in [5.41, 5.74) is -0.830. The Hall–Kier alpha value is -0.740. The first-order chi connectivity index (χ1) is 4.62. The zero-order chi connectivity index (χ0) is 8.04. The van der Waals surface area contributed by atoms with Gasteiger partial charge in [-0.25, -0.2) is 0 Å². The molecule has 0 heterocycles. The van der Waals surface area contributed by atoms with E-state index in [1.807, 2.05) is 6.92 Å². The van der Waals surface area contributed by atoms with Crippen LogP contribution in [0.4, 0.5) is 0 Å². The fourth-order valence-electron chi connectivity index (χ4n) is 0.756. The van der Waals surface area contributed by atoms with E-state index in [9.17, 15) is 5.11 Å². The third kappa shape index (κ3) is 4.17. The van der Waals surface area contributed by atoms with Gasteiger partial charge >= 0.3 is 0 Å². The number of allylic oxidation sites excluding steroid dienone is 1. The maximum Gasteiger partial charge on any atom is 0.123 e. The standard InChI is InChI=1S/C9H14O/c1-4-6-8-9(3,10)7-5-2/h4,10H,1,5,7H2,2-3H3. The molecular weight excluding hydrogens is 124 g/mol. The van der Waals surface area contributed by atoms with E-state index < -0.39 is 5.60 Å². The Morgan fingerprint density at radius 2 is 2.30 bits per heavy atom. The first-order valence-electron chi connectivity index (χ1n) is 3.48. The first kappa shape index (κ1) is 9.26. The van der Waals surface area contributed by atoms with E-state index in [2.05, 4.69) is 18.4 Å². The van der Waals surface area contributed by atoms with Crippen molar-refractivity contribution in [3.05, 3.63) is 12.7 Å². The lowest BCUT2D eigenvalue weighted by Crippen LogP contribution is -2.20. The van der Waals surface area contributed by atoms with Crippen LogP contribution in [-0.4, -0.2) is 10.7 Å². The van der Waals surface area contributed by atoms with Gasteiger partial charge in [-0.2, -0.15) is 0 Å². The molecule has 0 bridgehead atoms. The van der Waals surface area contributed by atoms with Gasteiger partial charge in [-0.1, -0.05) is 31.8 Å². The van der Waals surface area contributed by atoms with Crippen LogP contribution in [0.2, 0.25) is 0 Å². The Morgan fingerprint density at radius 1 is 1.70 bits per heavy atom. The SMILES string of the molecule is C=CC#CC(C)(O)CCC. The molecule has 1 N–H and O–H groups in total. The van der Waals surface area contributed by atoms with Crippen LogP contribution in [0, 0.1) is 11.8 Å². The largest absolute Gasteiger partial charge is 0.378 e. The molecule has 0 spiro atoms. The average molecular weight is 138 g/mol. The zero-order valence-corrected chi connectivity index (χ0v) is 6.65. The van der Waals surface area contributed by atoms with Crippen molar-refractivity contribution >= 4 is 0 Å². The molecule has 0 saturated heterocycles. The Kier molecular flexibility index (Phi) is 3.83. The third-order valence-corrected chi connectivity index (χ3v) is 1.18. The minimum Gasteiger partial charge on any atom is -0.378 e. The maximum absolute atomic E-state index is 9.42. The van der Waals surface area contributed by atoms with Gasteiger partial charge in [0.15, 0.2) is 0 Å². The van der Waals surface area contributed by atoms with Crippen LogP contribution in [0.1, 0.15) is 26.7 Å². The predicted molar refractivity (Wildman–Crippen MR) is 43.5 cm³/mol. The van der Waals surface area contributed by atoms with Crippen molar-refractivity contribution in [3.63, 3.8) is 0 Å². The highest BCUT2D eigenvalue weighted by atomic mass is 16.3. The molecular formula is C9H14O. The van der Waals surface area contributed by atoms with Gasteiger partial charge in [-0.15, -0.1) is 0 Å². The second kappa shape index (κ2) is 4.14. The minimum absolute atomic E-state index is 0.716. The fraction of sp³-hybridized carbons (Fsp3) is 0.556. The Balaban J connectivity index is 3.97. The number of hydrogen-bond acceptors (Lipinski definition) is 1. The summed E-state index contributed by atoms with van der Waals surface area (Å²) in [7, 11) is 0. The van der Waals surface area contributed by atoms with Gasteiger partial charge in [0, 0.05) is 0 Å². The van der Waals surface area contributed by atoms with Crippen LogP contribution in [-0.2, 0) is 0 Å². The van der Waals surface area contributed by atoms with Crippen LogP contribution in [0.25, 0.3) is 0 Å². The average Bonchev–Trinajstić information content (AvgIpc) is 1.84. The molecule has 0 amide bonds. The molecule has 0 aromatic heterocycles. The Bertz CT molecular complexity index is 157. The summed E-state index contributed by atoms with van der Waals surface area (Å²) in [6, 6.07) is 0. The number of hydrogen-bond donors (Lipinski definition) is 1. The molecule has 0 rings (SSSR count). The van der Waals surface area contributed by atoms with Gasteiger partial charge in [0.05, 0.1) is 0 Å². The van der Waals surface area contributed by atoms with Crippen LogP contribution >= 0.6 is 0 Å². The van der Waals surface area contributed by atoms with Crippen LogP contribution in [0.3, 0.4) is 0 Å². The highest BCUT2D eigenvalue weighted by Gasteiger charge is 2.13. The van der Waals surface area contributed by atoms with E-state index in [4.69, 9.17) is 0 Å². The van der Waals surface area contributed by atoms with Gasteiger partial charge in [-0.05, 0) is 19.4 Å². The van der Waals surface area contributed by atoms with Crippen LogP contribution < -0.4 is 0 Å². The molecule has 0 aliphatic rings. The molecule has 0 aliphatic carbocycles. The topological polar surface area (TPSA) is 20.2 Å². The van der Waals surface area contributed by atoms with E-state index in [1.54, 1.807) is 6.92 Å². The second-order valence-corrected chi connectivity index (χ2v) is 2.50. The van der Waals surface area contributed by atoms with E-state index >= 15 is 0 Å². The molecule has 0 radical (unpaired) electrons. The molecule has 0 fully saturated rings. The Labute approximate surface area is 62.8 Å². The van der Waals surface area contributed by atoms with Crippen molar-refractivity contribution in [2.75, 3.05) is 0 Å². The summed E-state index contributed by atoms with van der Waals surface area (Å²) in [5.74, 6) is 5.33. The smallest absolute Gasteiger partial charge is 0.123 e. The molecule has 1 atom stereocenters. The number of rotatable bonds is 2. The highest BCUT2D eigenvalue weighted by Crippen LogP contribution is 2.09. The molecule has 1 nitrogen and oxygen atoms in total. The highest BCUT2D eigenvalue weighted by molar-refractivity contribution is 5.19. The summed E-state index contributed by atoms with van der Waals surface area (Å²) in [5, 5.41) is 9.42. The van der Waals surface area contributed by atoms with Crippen LogP contribution in [0.5, 0.6) is 0 Å². The van der Waals surface area contributed by atoms with Crippen molar-refractivity contribution in [1.82, 2.24) is 0 Å². The van der Waals surface area contributed by atoms with Gasteiger partial charge in [0.2, 0.25) is 0 Å². The van der Waals surface area contributed by atoms with Crippen molar-refractivity contribution in [2.45, 2.75) is 32.3 Å². The lowest BCUT2D eigenvalue weighted by atomic mass is 10.0. The fourth-order valence-corrected chi connectivity index (χ4v) is 0.756. The van der Waals surface area contributed by atoms with Crippen molar-refractivity contribution in [1.29, 1.82) is 0 Å². The lowest BCUT2D eigenvalue weighted by Gasteiger charge is -2.13. The van der Waals surface area contributed by atoms with E-state index in [0.717, 1.165) is 6.42 Å². The van der Waals surface area contributed by atoms with Crippen LogP contribution in [0.15, 0.2) is 12.7 Å². The summed E-state index contributed by atoms with van der Waals surface area (Å²) in [6.45, 7) is 7.17. The minimum atomic E-state index is -0.830. The van der Waals surface area contributed by atoms with Gasteiger partial charge in [0.1, 0.15) is 5.60 Å². The molecule has 56 valence electrons. The summed E-state index contributed by atoms with van der Waals surface area (Å²) >= 11 is 0. The van der Waals surface area contributed by atoms with Crippen molar-refractivity contribution in [2.24, 2.45) is 0 Å². The monoisotopic (exact) mass is 138 g/mol. The summed E-state index contributed by atoms with van der Waals surface area (Å²) < 4.78 is 0. The quantitative estimate of drug-likeness (QED) is 0.576. The van der Waals surface area contributed by atoms with Crippen molar-refractivity contribution in [3.8, 4) is 11.8 Å². The molecule has 0 aromatic carbocycles. The second-order valence-electron chi connectivity index (χ2n) is 2.50. The first-order valence-corrected chi connectivity index (χ1v) is 3.48. The summed E-state index contributed by atoms with van der Waals surface area (Å²) in [6.07, 6.45) is 3.15. The molecule has 0 saturated carbocycles. The molecule has 1 unspecified atom stereocenters. The zero-order valence-electron chi connectivity index (χ0n) is 6.65. The third-order valence-electron chi connectivity index (χ3n) is 1.18. The van der Waals surface area contributed by atoms with E-state index in [0.29, 0.717) is 6.42 Å². The summed E-state index contributed by atoms with van der Waals surface area (Å²) in [4.78, 5) is 0. The maximum atomic E-state index is 9.42. The molecule has 0 aliphatic heterocycles. The lowest BCUT2D eigenvalue weighted by molar-refractivity contribution is 0.111. The van der Waals surface area contributed by atoms with Gasteiger partial charge in [0.25, 0.3) is 0 Å². The normalized spacial score (nSPS) is 14.7.